The lowest BCUT2D eigenvalue weighted by Gasteiger charge is -2.21. The Labute approximate surface area is 166 Å². The highest BCUT2D eigenvalue weighted by molar-refractivity contribution is 5.83. The molecule has 154 valence electrons. The van der Waals surface area contributed by atoms with Crippen molar-refractivity contribution in [2.75, 3.05) is 19.7 Å². The number of alkyl halides is 3. The average Bonchev–Trinajstić information content (AvgIpc) is 3.33. The van der Waals surface area contributed by atoms with Gasteiger partial charge in [-0.3, -0.25) is 9.69 Å². The minimum Gasteiger partial charge on any atom is -0.492 e. The molecule has 2 aliphatic rings. The van der Waals surface area contributed by atoms with Crippen molar-refractivity contribution in [2.24, 2.45) is 5.41 Å². The Morgan fingerprint density at radius 1 is 1.17 bits per heavy atom. The van der Waals surface area contributed by atoms with Crippen LogP contribution >= 0.6 is 0 Å². The first-order valence-corrected chi connectivity index (χ1v) is 9.53. The number of carboxylic acids is 1. The molecule has 0 bridgehead atoms. The molecule has 4 nitrogen and oxygen atoms in total. The summed E-state index contributed by atoms with van der Waals surface area (Å²) in [5.74, 6) is -0.738. The third-order valence-corrected chi connectivity index (χ3v) is 6.04. The van der Waals surface area contributed by atoms with E-state index in [2.05, 4.69) is 0 Å². The fourth-order valence-electron chi connectivity index (χ4n) is 4.57. The number of aliphatic carboxylic acids is 1. The molecule has 0 spiro atoms. The van der Waals surface area contributed by atoms with Gasteiger partial charge in [-0.2, -0.15) is 13.2 Å². The first kappa shape index (κ1) is 19.8. The van der Waals surface area contributed by atoms with Crippen molar-refractivity contribution in [3.8, 4) is 5.75 Å². The van der Waals surface area contributed by atoms with Gasteiger partial charge in [-0.1, -0.05) is 42.5 Å². The minimum atomic E-state index is -4.28. The molecule has 1 aliphatic carbocycles. The molecule has 0 radical (unpaired) electrons. The quantitative estimate of drug-likeness (QED) is 0.819. The van der Waals surface area contributed by atoms with E-state index in [4.69, 9.17) is 4.74 Å². The molecular formula is C22H22F3NO3. The molecule has 0 unspecified atom stereocenters. The summed E-state index contributed by atoms with van der Waals surface area (Å²) in [7, 11) is 0. The highest BCUT2D eigenvalue weighted by Crippen LogP contribution is 2.70. The number of nitrogens with zero attached hydrogens (tertiary/aromatic N) is 1. The SMILES string of the molecule is C[C@@]1(C(=O)O)[C@@H](c2ccccc2)[C@@H]1c1ccc2c(c1)CN(CC(F)(F)F)CCO2. The molecule has 7 heteroatoms. The van der Waals surface area contributed by atoms with E-state index in [1.54, 1.807) is 13.0 Å². The number of rotatable bonds is 4. The number of hydrogen-bond acceptors (Lipinski definition) is 3. The van der Waals surface area contributed by atoms with Gasteiger partial charge in [0.2, 0.25) is 0 Å². The van der Waals surface area contributed by atoms with E-state index < -0.39 is 24.1 Å². The molecule has 1 N–H and O–H groups in total. The van der Waals surface area contributed by atoms with Gasteiger partial charge in [0.1, 0.15) is 12.4 Å². The maximum absolute atomic E-state index is 12.8. The maximum atomic E-state index is 12.8. The number of ether oxygens (including phenoxy) is 1. The van der Waals surface area contributed by atoms with Crippen molar-refractivity contribution in [3.63, 3.8) is 0 Å². The third kappa shape index (κ3) is 3.71. The van der Waals surface area contributed by atoms with Crippen LogP contribution in [-0.2, 0) is 11.3 Å². The van der Waals surface area contributed by atoms with Gasteiger partial charge in [0.15, 0.2) is 0 Å². The number of carboxylic acid groups (broad SMARTS) is 1. The molecule has 4 rings (SSSR count). The summed E-state index contributed by atoms with van der Waals surface area (Å²) in [6.07, 6.45) is -4.28. The van der Waals surface area contributed by atoms with Crippen LogP contribution in [0.4, 0.5) is 13.2 Å². The molecule has 1 aliphatic heterocycles. The Morgan fingerprint density at radius 3 is 2.52 bits per heavy atom. The lowest BCUT2D eigenvalue weighted by molar-refractivity contribution is -0.147. The Hall–Kier alpha value is -2.54. The fourth-order valence-corrected chi connectivity index (χ4v) is 4.57. The Kier molecular flexibility index (Phi) is 4.81. The van der Waals surface area contributed by atoms with Gasteiger partial charge in [-0.05, 0) is 24.1 Å². The van der Waals surface area contributed by atoms with Crippen molar-refractivity contribution in [1.82, 2.24) is 4.90 Å². The smallest absolute Gasteiger partial charge is 0.401 e. The largest absolute Gasteiger partial charge is 0.492 e. The second-order valence-electron chi connectivity index (χ2n) is 8.00. The van der Waals surface area contributed by atoms with Gasteiger partial charge in [-0.15, -0.1) is 0 Å². The van der Waals surface area contributed by atoms with Crippen LogP contribution in [0, 0.1) is 5.41 Å². The molecule has 1 fully saturated rings. The van der Waals surface area contributed by atoms with Crippen LogP contribution in [0.3, 0.4) is 0 Å². The van der Waals surface area contributed by atoms with Crippen LogP contribution in [0.5, 0.6) is 5.75 Å². The van der Waals surface area contributed by atoms with Crippen molar-refractivity contribution in [1.29, 1.82) is 0 Å². The summed E-state index contributed by atoms with van der Waals surface area (Å²) in [4.78, 5) is 13.4. The molecular weight excluding hydrogens is 383 g/mol. The van der Waals surface area contributed by atoms with E-state index >= 15 is 0 Å². The average molecular weight is 405 g/mol. The van der Waals surface area contributed by atoms with E-state index in [-0.39, 0.29) is 31.5 Å². The van der Waals surface area contributed by atoms with E-state index in [0.717, 1.165) is 11.1 Å². The van der Waals surface area contributed by atoms with E-state index in [9.17, 15) is 23.1 Å². The normalized spacial score (nSPS) is 26.9. The first-order chi connectivity index (χ1) is 13.7. The van der Waals surface area contributed by atoms with Gasteiger partial charge < -0.3 is 9.84 Å². The van der Waals surface area contributed by atoms with Gasteiger partial charge in [0.05, 0.1) is 12.0 Å². The first-order valence-electron chi connectivity index (χ1n) is 9.53. The summed E-state index contributed by atoms with van der Waals surface area (Å²) in [5, 5.41) is 9.87. The van der Waals surface area contributed by atoms with Crippen LogP contribution in [0.15, 0.2) is 48.5 Å². The molecule has 1 saturated carbocycles. The summed E-state index contributed by atoms with van der Waals surface area (Å²) >= 11 is 0. The molecule has 3 atom stereocenters. The van der Waals surface area contributed by atoms with Crippen molar-refractivity contribution in [3.05, 3.63) is 65.2 Å². The van der Waals surface area contributed by atoms with Gasteiger partial charge in [-0.25, -0.2) is 0 Å². The maximum Gasteiger partial charge on any atom is 0.401 e. The van der Waals surface area contributed by atoms with Crippen molar-refractivity contribution >= 4 is 5.97 Å². The Balaban J connectivity index is 1.65. The number of benzene rings is 2. The molecule has 1 heterocycles. The number of hydrogen-bond donors (Lipinski definition) is 1. The second-order valence-corrected chi connectivity index (χ2v) is 8.00. The number of halogens is 3. The molecule has 2 aromatic carbocycles. The van der Waals surface area contributed by atoms with E-state index in [1.165, 1.54) is 4.90 Å². The highest BCUT2D eigenvalue weighted by Gasteiger charge is 2.67. The zero-order valence-electron chi connectivity index (χ0n) is 15.9. The molecule has 0 saturated heterocycles. The number of fused-ring (bicyclic) bond motifs is 1. The van der Waals surface area contributed by atoms with Gasteiger partial charge >= 0.3 is 12.1 Å². The highest BCUT2D eigenvalue weighted by atomic mass is 19.4. The predicted octanol–water partition coefficient (Wildman–Crippen LogP) is 4.42. The van der Waals surface area contributed by atoms with E-state index in [0.29, 0.717) is 11.3 Å². The third-order valence-electron chi connectivity index (χ3n) is 6.04. The summed E-state index contributed by atoms with van der Waals surface area (Å²) in [6.45, 7) is 1.23. The monoisotopic (exact) mass is 405 g/mol. The lowest BCUT2D eigenvalue weighted by Crippen LogP contribution is -2.35. The summed E-state index contributed by atoms with van der Waals surface area (Å²) in [5.41, 5.74) is 1.48. The Bertz CT molecular complexity index is 915. The number of carbonyl (C=O) groups is 1. The molecule has 2 aromatic rings. The minimum absolute atomic E-state index is 0.120. The summed E-state index contributed by atoms with van der Waals surface area (Å²) < 4.78 is 44.2. The lowest BCUT2D eigenvalue weighted by atomic mass is 9.99. The zero-order valence-corrected chi connectivity index (χ0v) is 15.9. The van der Waals surface area contributed by atoms with E-state index in [1.807, 2.05) is 42.5 Å². The molecule has 0 amide bonds. The van der Waals surface area contributed by atoms with Crippen LogP contribution in [-0.4, -0.2) is 41.8 Å². The second kappa shape index (κ2) is 7.06. The van der Waals surface area contributed by atoms with Crippen LogP contribution in [0.25, 0.3) is 0 Å². The standard InChI is InChI=1S/C22H22F3NO3/c1-21(20(27)28)18(14-5-3-2-4-6-14)19(21)15-7-8-17-16(11-15)12-26(9-10-29-17)13-22(23,24)25/h2-8,11,18-19H,9-10,12-13H2,1H3,(H,27,28)/t18-,19-,21+/m0/s1. The summed E-state index contributed by atoms with van der Waals surface area (Å²) in [6, 6.07) is 14.9. The van der Waals surface area contributed by atoms with Crippen LogP contribution in [0.1, 0.15) is 35.4 Å². The van der Waals surface area contributed by atoms with Gasteiger partial charge in [0.25, 0.3) is 0 Å². The van der Waals surface area contributed by atoms with Crippen molar-refractivity contribution < 1.29 is 27.8 Å². The molecule has 29 heavy (non-hydrogen) atoms. The zero-order chi connectivity index (χ0) is 20.8. The topological polar surface area (TPSA) is 49.8 Å². The fraction of sp³-hybridized carbons (Fsp3) is 0.409. The van der Waals surface area contributed by atoms with Crippen molar-refractivity contribution in [2.45, 2.75) is 31.5 Å². The Morgan fingerprint density at radius 2 is 1.86 bits per heavy atom. The van der Waals surface area contributed by atoms with Crippen LogP contribution < -0.4 is 4.74 Å². The van der Waals surface area contributed by atoms with Crippen LogP contribution in [0.2, 0.25) is 0 Å². The van der Waals surface area contributed by atoms with Gasteiger partial charge in [0, 0.05) is 30.5 Å². The predicted molar refractivity (Wildman–Crippen MR) is 101 cm³/mol. The molecule has 0 aromatic heterocycles.